The molecule has 31 heavy (non-hydrogen) atoms. The first-order valence-electron chi connectivity index (χ1n) is 11.5. The molecule has 2 heterocycles. The van der Waals surface area contributed by atoms with Crippen LogP contribution in [-0.4, -0.2) is 53.4 Å². The van der Waals surface area contributed by atoms with Gasteiger partial charge in [0.25, 0.3) is 0 Å². The van der Waals surface area contributed by atoms with Gasteiger partial charge in [-0.15, -0.1) is 34.2 Å². The number of hydrogen-bond donors (Lipinski definition) is 2. The predicted octanol–water partition coefficient (Wildman–Crippen LogP) is 3.64. The molecule has 0 atom stereocenters. The lowest BCUT2D eigenvalue weighted by atomic mass is 10.2. The van der Waals surface area contributed by atoms with Crippen molar-refractivity contribution in [2.75, 3.05) is 37.6 Å². The summed E-state index contributed by atoms with van der Waals surface area (Å²) in [5.41, 5.74) is 1.28. The number of rotatable bonds is 10. The molecule has 3 rings (SSSR count). The maximum atomic E-state index is 4.76. The number of fused-ring (bicyclic) bond motifs is 1. The number of aliphatic imine (C=N–C) groups is 1. The zero-order valence-corrected chi connectivity index (χ0v) is 21.3. The van der Waals surface area contributed by atoms with E-state index in [1.165, 1.54) is 24.9 Å². The normalized spacial score (nSPS) is 13.7. The molecule has 1 aromatic carbocycles. The summed E-state index contributed by atoms with van der Waals surface area (Å²) >= 11 is 0. The number of para-hydroxylation sites is 1. The average Bonchev–Trinajstić information content (AvgIpc) is 3.00. The monoisotopic (exact) mass is 539 g/mol. The Morgan fingerprint density at radius 1 is 1.10 bits per heavy atom. The molecule has 2 aromatic rings. The first-order chi connectivity index (χ1) is 14.8. The number of anilines is 1. The number of benzene rings is 1. The van der Waals surface area contributed by atoms with Crippen molar-refractivity contribution in [3.63, 3.8) is 0 Å². The van der Waals surface area contributed by atoms with Crippen LogP contribution in [0.3, 0.4) is 0 Å². The molecule has 8 heteroatoms. The molecule has 0 fully saturated rings. The van der Waals surface area contributed by atoms with Crippen LogP contribution in [0.2, 0.25) is 0 Å². The fraction of sp³-hybridized carbons (Fsp3) is 0.609. The quantitative estimate of drug-likeness (QED) is 0.209. The molecule has 7 nitrogen and oxygen atoms in total. The molecule has 0 spiro atoms. The Morgan fingerprint density at radius 2 is 1.94 bits per heavy atom. The van der Waals surface area contributed by atoms with Crippen molar-refractivity contribution in [1.82, 2.24) is 25.4 Å². The van der Waals surface area contributed by atoms with Crippen molar-refractivity contribution >= 4 is 35.6 Å². The fourth-order valence-electron chi connectivity index (χ4n) is 3.93. The molecule has 0 bridgehead atoms. The van der Waals surface area contributed by atoms with Gasteiger partial charge in [-0.05, 0) is 45.2 Å². The lowest BCUT2D eigenvalue weighted by Gasteiger charge is -2.22. The highest BCUT2D eigenvalue weighted by molar-refractivity contribution is 14.0. The van der Waals surface area contributed by atoms with E-state index in [2.05, 4.69) is 74.5 Å². The molecule has 0 aliphatic carbocycles. The Balaban J connectivity index is 0.00000341. The van der Waals surface area contributed by atoms with Crippen molar-refractivity contribution in [3.8, 4) is 0 Å². The van der Waals surface area contributed by atoms with E-state index >= 15 is 0 Å². The first-order valence-corrected chi connectivity index (χ1v) is 11.5. The lowest BCUT2D eigenvalue weighted by Crippen LogP contribution is -2.38. The summed E-state index contributed by atoms with van der Waals surface area (Å²) in [5, 5.41) is 15.6. The Labute approximate surface area is 204 Å². The van der Waals surface area contributed by atoms with Gasteiger partial charge in [-0.3, -0.25) is 4.99 Å². The molecule has 172 valence electrons. The minimum absolute atomic E-state index is 0. The summed E-state index contributed by atoms with van der Waals surface area (Å²) in [7, 11) is 0. The number of guanidine groups is 1. The highest BCUT2D eigenvalue weighted by atomic mass is 127. The second-order valence-electron chi connectivity index (χ2n) is 7.70. The van der Waals surface area contributed by atoms with Gasteiger partial charge in [-0.1, -0.05) is 24.6 Å². The Morgan fingerprint density at radius 3 is 2.71 bits per heavy atom. The van der Waals surface area contributed by atoms with E-state index in [9.17, 15) is 0 Å². The number of nitrogens with zero attached hydrogens (tertiary/aromatic N) is 5. The van der Waals surface area contributed by atoms with E-state index in [-0.39, 0.29) is 24.0 Å². The van der Waals surface area contributed by atoms with Crippen LogP contribution in [-0.2, 0) is 19.4 Å². The van der Waals surface area contributed by atoms with Crippen LogP contribution < -0.4 is 15.5 Å². The molecular formula is C23H38IN7. The van der Waals surface area contributed by atoms with Crippen LogP contribution in [0, 0.1) is 0 Å². The SMILES string of the molecule is CCNC(=NCCCN(CC)c1ccccc1)NCCc1nnc2n1CCCCC2.I. The maximum Gasteiger partial charge on any atom is 0.191 e. The lowest BCUT2D eigenvalue weighted by molar-refractivity contribution is 0.600. The van der Waals surface area contributed by atoms with E-state index in [4.69, 9.17) is 4.99 Å². The van der Waals surface area contributed by atoms with Crippen molar-refractivity contribution in [3.05, 3.63) is 42.0 Å². The van der Waals surface area contributed by atoms with E-state index in [1.807, 2.05) is 0 Å². The van der Waals surface area contributed by atoms with E-state index < -0.39 is 0 Å². The number of aryl methyl sites for hydroxylation is 1. The van der Waals surface area contributed by atoms with Crippen molar-refractivity contribution in [1.29, 1.82) is 0 Å². The van der Waals surface area contributed by atoms with Gasteiger partial charge in [-0.25, -0.2) is 0 Å². The molecule has 0 unspecified atom stereocenters. The molecule has 2 N–H and O–H groups in total. The highest BCUT2D eigenvalue weighted by Gasteiger charge is 2.14. The van der Waals surface area contributed by atoms with E-state index in [0.717, 1.165) is 76.1 Å². The van der Waals surface area contributed by atoms with Crippen LogP contribution in [0.15, 0.2) is 35.3 Å². The van der Waals surface area contributed by atoms with Crippen LogP contribution in [0.4, 0.5) is 5.69 Å². The van der Waals surface area contributed by atoms with Gasteiger partial charge in [-0.2, -0.15) is 0 Å². The average molecular weight is 540 g/mol. The van der Waals surface area contributed by atoms with Gasteiger partial charge in [0.1, 0.15) is 11.6 Å². The van der Waals surface area contributed by atoms with Crippen LogP contribution in [0.5, 0.6) is 0 Å². The molecule has 0 radical (unpaired) electrons. The summed E-state index contributed by atoms with van der Waals surface area (Å²) in [6, 6.07) is 10.6. The summed E-state index contributed by atoms with van der Waals surface area (Å²) in [5.74, 6) is 3.13. The van der Waals surface area contributed by atoms with Gasteiger partial charge >= 0.3 is 0 Å². The minimum atomic E-state index is 0. The number of nitrogens with one attached hydrogen (secondary N) is 2. The minimum Gasteiger partial charge on any atom is -0.372 e. The third kappa shape index (κ3) is 7.97. The number of hydrogen-bond acceptors (Lipinski definition) is 4. The predicted molar refractivity (Wildman–Crippen MR) is 140 cm³/mol. The summed E-state index contributed by atoms with van der Waals surface area (Å²) in [4.78, 5) is 7.16. The Hall–Kier alpha value is -1.84. The smallest absolute Gasteiger partial charge is 0.191 e. The topological polar surface area (TPSA) is 70.4 Å². The van der Waals surface area contributed by atoms with Crippen LogP contribution >= 0.6 is 24.0 Å². The second-order valence-corrected chi connectivity index (χ2v) is 7.70. The molecular weight excluding hydrogens is 501 g/mol. The molecule has 0 saturated heterocycles. The molecule has 0 amide bonds. The van der Waals surface area contributed by atoms with Gasteiger partial charge in [0.15, 0.2) is 5.96 Å². The van der Waals surface area contributed by atoms with Gasteiger partial charge in [0.05, 0.1) is 0 Å². The van der Waals surface area contributed by atoms with Crippen molar-refractivity contribution < 1.29 is 0 Å². The van der Waals surface area contributed by atoms with Gasteiger partial charge in [0.2, 0.25) is 0 Å². The maximum absolute atomic E-state index is 4.76. The highest BCUT2D eigenvalue weighted by Crippen LogP contribution is 2.15. The largest absolute Gasteiger partial charge is 0.372 e. The van der Waals surface area contributed by atoms with Crippen molar-refractivity contribution in [2.24, 2.45) is 4.99 Å². The second kappa shape index (κ2) is 14.3. The zero-order valence-electron chi connectivity index (χ0n) is 19.0. The summed E-state index contributed by atoms with van der Waals surface area (Å²) < 4.78 is 2.32. The van der Waals surface area contributed by atoms with E-state index in [0.29, 0.717) is 0 Å². The van der Waals surface area contributed by atoms with E-state index in [1.54, 1.807) is 0 Å². The summed E-state index contributed by atoms with van der Waals surface area (Å²) in [6.45, 7) is 9.85. The third-order valence-electron chi connectivity index (χ3n) is 5.53. The molecule has 1 aliphatic rings. The van der Waals surface area contributed by atoms with Crippen LogP contribution in [0.1, 0.15) is 51.2 Å². The van der Waals surface area contributed by atoms with Crippen molar-refractivity contribution in [2.45, 2.75) is 58.9 Å². The Kier molecular flexibility index (Phi) is 11.7. The van der Waals surface area contributed by atoms with Gasteiger partial charge < -0.3 is 20.1 Å². The number of halogens is 1. The molecule has 1 aromatic heterocycles. The Bertz CT molecular complexity index is 775. The number of aromatic nitrogens is 3. The fourth-order valence-corrected chi connectivity index (χ4v) is 3.93. The third-order valence-corrected chi connectivity index (χ3v) is 5.53. The van der Waals surface area contributed by atoms with Gasteiger partial charge in [0, 0.05) is 57.8 Å². The first kappa shape index (κ1) is 25.4. The molecule has 1 aliphatic heterocycles. The molecule has 0 saturated carbocycles. The summed E-state index contributed by atoms with van der Waals surface area (Å²) in [6.07, 6.45) is 6.70. The van der Waals surface area contributed by atoms with Crippen LogP contribution in [0.25, 0.3) is 0 Å². The zero-order chi connectivity index (χ0) is 21.0. The standard InChI is InChI=1S/C23H37N7.HI/c1-3-24-23(25-16-11-18-29(4-2)20-12-7-5-8-13-20)26-17-15-22-28-27-21-14-9-6-10-19-30(21)22;/h5,7-8,12-13H,3-4,6,9-11,14-19H2,1-2H3,(H2,24,25,26);1H.